The van der Waals surface area contributed by atoms with Crippen molar-refractivity contribution in [1.29, 1.82) is 0 Å². The lowest BCUT2D eigenvalue weighted by Gasteiger charge is -2.14. The van der Waals surface area contributed by atoms with Gasteiger partial charge in [-0.2, -0.15) is 4.98 Å². The summed E-state index contributed by atoms with van der Waals surface area (Å²) >= 11 is 0. The van der Waals surface area contributed by atoms with Crippen LogP contribution in [0.5, 0.6) is 0 Å². The molecule has 0 aromatic carbocycles. The van der Waals surface area contributed by atoms with Gasteiger partial charge in [0, 0.05) is 6.42 Å². The monoisotopic (exact) mass is 168 g/mol. The van der Waals surface area contributed by atoms with Gasteiger partial charge in [-0.3, -0.25) is 4.79 Å². The molecule has 1 rings (SSSR count). The number of hydrogen-bond acceptors (Lipinski definition) is 4. The quantitative estimate of drug-likeness (QED) is 0.627. The lowest BCUT2D eigenvalue weighted by molar-refractivity contribution is 0.108. The van der Waals surface area contributed by atoms with Gasteiger partial charge in [-0.1, -0.05) is 25.9 Å². The first kappa shape index (κ1) is 8.90. The minimum Gasteiger partial charge on any atom is -0.331 e. The number of nitrogens with zero attached hydrogens (tertiary/aromatic N) is 2. The minimum absolute atomic E-state index is 0.0502. The van der Waals surface area contributed by atoms with Gasteiger partial charge in [0.15, 0.2) is 5.82 Å². The van der Waals surface area contributed by atoms with Crippen LogP contribution >= 0.6 is 0 Å². The molecule has 66 valence electrons. The SMILES string of the molecule is CC(C)(C)Cc1noc(C=O)n1. The number of rotatable bonds is 2. The Labute approximate surface area is 71.0 Å². The second-order valence-electron chi connectivity index (χ2n) is 3.90. The molecule has 0 spiro atoms. The van der Waals surface area contributed by atoms with Crippen LogP contribution in [0, 0.1) is 5.41 Å². The van der Waals surface area contributed by atoms with Crippen molar-refractivity contribution >= 4 is 6.29 Å². The molecule has 0 amide bonds. The van der Waals surface area contributed by atoms with Gasteiger partial charge < -0.3 is 4.52 Å². The number of hydrogen-bond donors (Lipinski definition) is 0. The van der Waals surface area contributed by atoms with E-state index in [0.29, 0.717) is 18.5 Å². The summed E-state index contributed by atoms with van der Waals surface area (Å²) in [5, 5.41) is 3.66. The minimum atomic E-state index is 0.0502. The third-order valence-corrected chi connectivity index (χ3v) is 1.27. The van der Waals surface area contributed by atoms with Crippen molar-refractivity contribution < 1.29 is 9.32 Å². The molecule has 1 aromatic heterocycles. The van der Waals surface area contributed by atoms with E-state index in [0.717, 1.165) is 0 Å². The van der Waals surface area contributed by atoms with Gasteiger partial charge in [-0.25, -0.2) is 0 Å². The Balaban J connectivity index is 2.70. The summed E-state index contributed by atoms with van der Waals surface area (Å²) in [4.78, 5) is 14.1. The van der Waals surface area contributed by atoms with Crippen LogP contribution in [0.4, 0.5) is 0 Å². The zero-order valence-corrected chi connectivity index (χ0v) is 7.50. The predicted molar refractivity (Wildman–Crippen MR) is 42.8 cm³/mol. The molecule has 4 nitrogen and oxygen atoms in total. The molecule has 0 fully saturated rings. The zero-order chi connectivity index (χ0) is 9.19. The molecule has 0 aliphatic rings. The van der Waals surface area contributed by atoms with Crippen molar-refractivity contribution in [3.63, 3.8) is 0 Å². The second-order valence-corrected chi connectivity index (χ2v) is 3.90. The predicted octanol–water partition coefficient (Wildman–Crippen LogP) is 1.47. The second kappa shape index (κ2) is 3.05. The molecule has 0 bridgehead atoms. The zero-order valence-electron chi connectivity index (χ0n) is 7.50. The van der Waals surface area contributed by atoms with Crippen LogP contribution in [0.2, 0.25) is 0 Å². The molecule has 0 atom stereocenters. The molecule has 1 aromatic rings. The Morgan fingerprint density at radius 2 is 2.17 bits per heavy atom. The molecular weight excluding hydrogens is 156 g/mol. The molecule has 0 unspecified atom stereocenters. The highest BCUT2D eigenvalue weighted by Crippen LogP contribution is 2.18. The van der Waals surface area contributed by atoms with Gasteiger partial charge in [-0.05, 0) is 5.41 Å². The third kappa shape index (κ3) is 2.45. The van der Waals surface area contributed by atoms with Crippen LogP contribution in [0.1, 0.15) is 37.3 Å². The summed E-state index contributed by atoms with van der Waals surface area (Å²) in [7, 11) is 0. The normalized spacial score (nSPS) is 11.6. The number of aromatic nitrogens is 2. The van der Waals surface area contributed by atoms with Crippen LogP contribution in [0.3, 0.4) is 0 Å². The molecule has 1 heterocycles. The van der Waals surface area contributed by atoms with Crippen molar-refractivity contribution in [3.05, 3.63) is 11.7 Å². The van der Waals surface area contributed by atoms with Crippen LogP contribution in [0.15, 0.2) is 4.52 Å². The fourth-order valence-electron chi connectivity index (χ4n) is 0.861. The van der Waals surface area contributed by atoms with Gasteiger partial charge in [0.2, 0.25) is 6.29 Å². The average molecular weight is 168 g/mol. The summed E-state index contributed by atoms with van der Waals surface area (Å²) in [6, 6.07) is 0. The Kier molecular flexibility index (Phi) is 2.26. The topological polar surface area (TPSA) is 56.0 Å². The smallest absolute Gasteiger partial charge is 0.290 e. The fraction of sp³-hybridized carbons (Fsp3) is 0.625. The molecule has 0 aliphatic heterocycles. The van der Waals surface area contributed by atoms with Crippen molar-refractivity contribution in [1.82, 2.24) is 10.1 Å². The first-order valence-electron chi connectivity index (χ1n) is 3.79. The van der Waals surface area contributed by atoms with Gasteiger partial charge >= 0.3 is 0 Å². The van der Waals surface area contributed by atoms with E-state index in [1.54, 1.807) is 0 Å². The van der Waals surface area contributed by atoms with E-state index in [-0.39, 0.29) is 11.3 Å². The fourth-order valence-corrected chi connectivity index (χ4v) is 0.861. The maximum Gasteiger partial charge on any atom is 0.290 e. The molecule has 0 N–H and O–H groups in total. The standard InChI is InChI=1S/C8H12N2O2/c1-8(2,3)4-6-9-7(5-11)12-10-6/h5H,4H2,1-3H3. The Hall–Kier alpha value is -1.19. The van der Waals surface area contributed by atoms with E-state index in [1.165, 1.54) is 0 Å². The number of carbonyl (C=O) groups is 1. The van der Waals surface area contributed by atoms with E-state index in [4.69, 9.17) is 0 Å². The lowest BCUT2D eigenvalue weighted by atomic mass is 9.92. The van der Waals surface area contributed by atoms with Crippen LogP contribution in [0.25, 0.3) is 0 Å². The molecular formula is C8H12N2O2. The van der Waals surface area contributed by atoms with Crippen LogP contribution < -0.4 is 0 Å². The summed E-state index contributed by atoms with van der Waals surface area (Å²) in [5.41, 5.74) is 0.115. The molecule has 0 saturated carbocycles. The molecule has 4 heteroatoms. The highest BCUT2D eigenvalue weighted by Gasteiger charge is 2.15. The summed E-state index contributed by atoms with van der Waals surface area (Å²) in [5.74, 6) is 0.638. The van der Waals surface area contributed by atoms with Gasteiger partial charge in [0.05, 0.1) is 0 Å². The van der Waals surface area contributed by atoms with E-state index in [9.17, 15) is 4.79 Å². The molecule has 0 aliphatic carbocycles. The van der Waals surface area contributed by atoms with E-state index in [2.05, 4.69) is 35.4 Å². The van der Waals surface area contributed by atoms with Gasteiger partial charge in [0.25, 0.3) is 5.89 Å². The first-order valence-corrected chi connectivity index (χ1v) is 3.79. The highest BCUT2D eigenvalue weighted by atomic mass is 16.5. The maximum atomic E-state index is 10.2. The van der Waals surface area contributed by atoms with Crippen molar-refractivity contribution in [2.45, 2.75) is 27.2 Å². The van der Waals surface area contributed by atoms with Crippen LogP contribution in [-0.4, -0.2) is 16.4 Å². The van der Waals surface area contributed by atoms with Gasteiger partial charge in [0.1, 0.15) is 0 Å². The maximum absolute atomic E-state index is 10.2. The number of aldehydes is 1. The lowest BCUT2D eigenvalue weighted by Crippen LogP contribution is -2.10. The van der Waals surface area contributed by atoms with Crippen molar-refractivity contribution in [3.8, 4) is 0 Å². The first-order chi connectivity index (χ1) is 5.51. The summed E-state index contributed by atoms with van der Waals surface area (Å²) in [6.45, 7) is 6.22. The summed E-state index contributed by atoms with van der Waals surface area (Å²) in [6.07, 6.45) is 1.27. The largest absolute Gasteiger partial charge is 0.331 e. The molecule has 12 heavy (non-hydrogen) atoms. The van der Waals surface area contributed by atoms with Crippen molar-refractivity contribution in [2.24, 2.45) is 5.41 Å². The third-order valence-electron chi connectivity index (χ3n) is 1.27. The molecule has 0 radical (unpaired) electrons. The van der Waals surface area contributed by atoms with E-state index < -0.39 is 0 Å². The van der Waals surface area contributed by atoms with Crippen LogP contribution in [-0.2, 0) is 6.42 Å². The molecule has 0 saturated heterocycles. The Morgan fingerprint density at radius 3 is 2.58 bits per heavy atom. The van der Waals surface area contributed by atoms with Crippen molar-refractivity contribution in [2.75, 3.05) is 0 Å². The van der Waals surface area contributed by atoms with Gasteiger partial charge in [-0.15, -0.1) is 0 Å². The number of carbonyl (C=O) groups excluding carboxylic acids is 1. The average Bonchev–Trinajstić information content (AvgIpc) is 2.32. The van der Waals surface area contributed by atoms with E-state index >= 15 is 0 Å². The Morgan fingerprint density at radius 1 is 1.50 bits per heavy atom. The highest BCUT2D eigenvalue weighted by molar-refractivity contribution is 5.66. The van der Waals surface area contributed by atoms with E-state index in [1.807, 2.05) is 0 Å². The Bertz CT molecular complexity index is 273. The summed E-state index contributed by atoms with van der Waals surface area (Å²) < 4.78 is 4.63.